The number of urea groups is 1. The molecule has 0 aromatic carbocycles. The number of aromatic nitrogens is 3. The third-order valence-electron chi connectivity index (χ3n) is 3.00. The van der Waals surface area contributed by atoms with Gasteiger partial charge in [0.05, 0.1) is 12.1 Å². The van der Waals surface area contributed by atoms with E-state index in [4.69, 9.17) is 4.74 Å². The van der Waals surface area contributed by atoms with E-state index in [0.29, 0.717) is 6.54 Å². The van der Waals surface area contributed by atoms with Gasteiger partial charge in [0.25, 0.3) is 0 Å². The molecule has 1 saturated heterocycles. The molecule has 0 saturated carbocycles. The van der Waals surface area contributed by atoms with E-state index >= 15 is 0 Å². The third-order valence-corrected chi connectivity index (χ3v) is 3.00. The first kappa shape index (κ1) is 12.8. The fraction of sp³-hybridized carbons (Fsp3) is 0.727. The molecule has 0 bridgehead atoms. The van der Waals surface area contributed by atoms with Gasteiger partial charge in [0.1, 0.15) is 6.33 Å². The first-order valence-corrected chi connectivity index (χ1v) is 6.16. The highest BCUT2D eigenvalue weighted by Crippen LogP contribution is 2.10. The van der Waals surface area contributed by atoms with Gasteiger partial charge < -0.3 is 19.9 Å². The first-order chi connectivity index (χ1) is 8.66. The number of nitrogens with one attached hydrogen (secondary N) is 2. The monoisotopic (exact) mass is 253 g/mol. The lowest BCUT2D eigenvalue weighted by atomic mass is 10.2. The van der Waals surface area contributed by atoms with Crippen LogP contribution in [-0.4, -0.2) is 40.1 Å². The maximum atomic E-state index is 11.7. The van der Waals surface area contributed by atoms with E-state index in [1.165, 1.54) is 0 Å². The van der Waals surface area contributed by atoms with Crippen LogP contribution in [0.15, 0.2) is 6.33 Å². The number of hydrogen-bond acceptors (Lipinski definition) is 4. The molecule has 2 N–H and O–H groups in total. The Morgan fingerprint density at radius 1 is 1.72 bits per heavy atom. The summed E-state index contributed by atoms with van der Waals surface area (Å²) in [6.07, 6.45) is 3.85. The SMILES string of the molecule is C[C@@H](NC(=O)NC[C@H]1CCCO1)c1nncn1C. The standard InChI is InChI=1S/C11H19N5O2/c1-8(10-15-13-7-16(10)2)14-11(17)12-6-9-4-3-5-18-9/h7-9H,3-6H2,1-2H3,(H2,12,14,17)/t8-,9-/m1/s1. The minimum atomic E-state index is -0.207. The summed E-state index contributed by atoms with van der Waals surface area (Å²) in [5.74, 6) is 0.724. The lowest BCUT2D eigenvalue weighted by molar-refractivity contribution is 0.111. The van der Waals surface area contributed by atoms with Crippen molar-refractivity contribution in [1.29, 1.82) is 0 Å². The van der Waals surface area contributed by atoms with Gasteiger partial charge in [-0.3, -0.25) is 0 Å². The van der Waals surface area contributed by atoms with Crippen LogP contribution in [0.3, 0.4) is 0 Å². The lowest BCUT2D eigenvalue weighted by Crippen LogP contribution is -2.41. The first-order valence-electron chi connectivity index (χ1n) is 6.16. The van der Waals surface area contributed by atoms with Crippen LogP contribution in [0.25, 0.3) is 0 Å². The molecule has 2 heterocycles. The number of carbonyl (C=O) groups excluding carboxylic acids is 1. The fourth-order valence-electron chi connectivity index (χ4n) is 2.01. The average Bonchev–Trinajstić information content (AvgIpc) is 2.97. The number of rotatable bonds is 4. The minimum absolute atomic E-state index is 0.154. The Kier molecular flexibility index (Phi) is 4.14. The summed E-state index contributed by atoms with van der Waals surface area (Å²) in [6.45, 7) is 3.22. The molecule has 1 aromatic rings. The average molecular weight is 253 g/mol. The van der Waals surface area contributed by atoms with Crippen LogP contribution in [0.5, 0.6) is 0 Å². The van der Waals surface area contributed by atoms with Crippen molar-refractivity contribution >= 4 is 6.03 Å². The smallest absolute Gasteiger partial charge is 0.315 e. The van der Waals surface area contributed by atoms with Crippen molar-refractivity contribution in [3.05, 3.63) is 12.2 Å². The van der Waals surface area contributed by atoms with Gasteiger partial charge >= 0.3 is 6.03 Å². The fourth-order valence-corrected chi connectivity index (χ4v) is 2.01. The highest BCUT2D eigenvalue weighted by molar-refractivity contribution is 5.74. The zero-order valence-electron chi connectivity index (χ0n) is 10.7. The molecule has 2 rings (SSSR count). The van der Waals surface area contributed by atoms with Crippen LogP contribution >= 0.6 is 0 Å². The maximum absolute atomic E-state index is 11.7. The predicted octanol–water partition coefficient (Wildman–Crippen LogP) is 0.354. The molecule has 1 aliphatic heterocycles. The molecule has 0 spiro atoms. The van der Waals surface area contributed by atoms with E-state index in [1.54, 1.807) is 10.9 Å². The summed E-state index contributed by atoms with van der Waals surface area (Å²) < 4.78 is 7.21. The Bertz CT molecular complexity index is 400. The summed E-state index contributed by atoms with van der Waals surface area (Å²) >= 11 is 0. The van der Waals surface area contributed by atoms with Crippen LogP contribution in [-0.2, 0) is 11.8 Å². The molecule has 0 radical (unpaired) electrons. The van der Waals surface area contributed by atoms with Crippen molar-refractivity contribution < 1.29 is 9.53 Å². The molecule has 7 heteroatoms. The zero-order valence-corrected chi connectivity index (χ0v) is 10.7. The highest BCUT2D eigenvalue weighted by Gasteiger charge is 2.18. The van der Waals surface area contributed by atoms with Gasteiger partial charge in [-0.25, -0.2) is 4.79 Å². The van der Waals surface area contributed by atoms with Gasteiger partial charge in [-0.2, -0.15) is 0 Å². The van der Waals surface area contributed by atoms with E-state index in [1.807, 2.05) is 14.0 Å². The quantitative estimate of drug-likeness (QED) is 0.811. The van der Waals surface area contributed by atoms with Crippen LogP contribution in [0.1, 0.15) is 31.6 Å². The van der Waals surface area contributed by atoms with Crippen molar-refractivity contribution in [2.75, 3.05) is 13.2 Å². The zero-order chi connectivity index (χ0) is 13.0. The number of amides is 2. The highest BCUT2D eigenvalue weighted by atomic mass is 16.5. The molecule has 7 nitrogen and oxygen atoms in total. The third kappa shape index (κ3) is 3.19. The van der Waals surface area contributed by atoms with E-state index in [-0.39, 0.29) is 18.2 Å². The maximum Gasteiger partial charge on any atom is 0.315 e. The minimum Gasteiger partial charge on any atom is -0.376 e. The number of ether oxygens (including phenoxy) is 1. The van der Waals surface area contributed by atoms with Crippen LogP contribution in [0.4, 0.5) is 4.79 Å². The molecular weight excluding hydrogens is 234 g/mol. The van der Waals surface area contributed by atoms with E-state index in [0.717, 1.165) is 25.3 Å². The van der Waals surface area contributed by atoms with Gasteiger partial charge in [0.2, 0.25) is 0 Å². The summed E-state index contributed by atoms with van der Waals surface area (Å²) in [5.41, 5.74) is 0. The second-order valence-electron chi connectivity index (χ2n) is 4.51. The molecule has 2 amide bonds. The summed E-state index contributed by atoms with van der Waals surface area (Å²) in [7, 11) is 1.85. The second-order valence-corrected chi connectivity index (χ2v) is 4.51. The van der Waals surface area contributed by atoms with Crippen LogP contribution in [0.2, 0.25) is 0 Å². The van der Waals surface area contributed by atoms with Crippen molar-refractivity contribution in [1.82, 2.24) is 25.4 Å². The second kappa shape index (κ2) is 5.81. The Hall–Kier alpha value is -1.63. The molecule has 1 aromatic heterocycles. The van der Waals surface area contributed by atoms with Crippen molar-refractivity contribution in [2.45, 2.75) is 31.9 Å². The Labute approximate surface area is 106 Å². The van der Waals surface area contributed by atoms with Gasteiger partial charge in [0.15, 0.2) is 5.82 Å². The molecule has 18 heavy (non-hydrogen) atoms. The number of hydrogen-bond donors (Lipinski definition) is 2. The molecule has 0 aliphatic carbocycles. The Balaban J connectivity index is 1.75. The summed E-state index contributed by atoms with van der Waals surface area (Å²) in [5, 5.41) is 13.4. The number of nitrogens with zero attached hydrogens (tertiary/aromatic N) is 3. The molecule has 0 unspecified atom stereocenters. The topological polar surface area (TPSA) is 81.1 Å². The van der Waals surface area contributed by atoms with Gasteiger partial charge in [-0.05, 0) is 19.8 Å². The van der Waals surface area contributed by atoms with Crippen molar-refractivity contribution in [2.24, 2.45) is 7.05 Å². The molecule has 1 fully saturated rings. The van der Waals surface area contributed by atoms with Gasteiger partial charge in [-0.15, -0.1) is 10.2 Å². The molecule has 1 aliphatic rings. The lowest BCUT2D eigenvalue weighted by Gasteiger charge is -2.15. The van der Waals surface area contributed by atoms with E-state index in [9.17, 15) is 4.79 Å². The van der Waals surface area contributed by atoms with E-state index < -0.39 is 0 Å². The van der Waals surface area contributed by atoms with E-state index in [2.05, 4.69) is 20.8 Å². The molecule has 100 valence electrons. The Morgan fingerprint density at radius 2 is 2.56 bits per heavy atom. The van der Waals surface area contributed by atoms with Gasteiger partial charge in [-0.1, -0.05) is 0 Å². The van der Waals surface area contributed by atoms with Crippen molar-refractivity contribution in [3.63, 3.8) is 0 Å². The molecular formula is C11H19N5O2. The van der Waals surface area contributed by atoms with Crippen molar-refractivity contribution in [3.8, 4) is 0 Å². The number of carbonyl (C=O) groups is 1. The largest absolute Gasteiger partial charge is 0.376 e. The predicted molar refractivity (Wildman–Crippen MR) is 64.9 cm³/mol. The molecule has 2 atom stereocenters. The number of aryl methyl sites for hydroxylation is 1. The van der Waals surface area contributed by atoms with Crippen LogP contribution in [0, 0.1) is 0 Å². The normalized spacial score (nSPS) is 20.7. The van der Waals surface area contributed by atoms with Crippen LogP contribution < -0.4 is 10.6 Å². The summed E-state index contributed by atoms with van der Waals surface area (Å²) in [4.78, 5) is 11.7. The summed E-state index contributed by atoms with van der Waals surface area (Å²) in [6, 6.07) is -0.386. The Morgan fingerprint density at radius 3 is 3.17 bits per heavy atom. The van der Waals surface area contributed by atoms with Gasteiger partial charge in [0, 0.05) is 20.2 Å².